The molecule has 0 bridgehead atoms. The highest BCUT2D eigenvalue weighted by Gasteiger charge is 2.18. The first kappa shape index (κ1) is 16.3. The second kappa shape index (κ2) is 6.81. The Balaban J connectivity index is 2.12. The third-order valence-corrected chi connectivity index (χ3v) is 4.35. The molecule has 21 heavy (non-hydrogen) atoms. The van der Waals surface area contributed by atoms with Crippen LogP contribution in [0.2, 0.25) is 5.02 Å². The van der Waals surface area contributed by atoms with Gasteiger partial charge in [0, 0.05) is 23.0 Å². The molecular formula is C19H26ClN. The fraction of sp³-hybridized carbons (Fsp3) is 0.474. The highest BCUT2D eigenvalue weighted by atomic mass is 35.5. The molecule has 2 rings (SSSR count). The molecule has 0 aliphatic heterocycles. The molecule has 0 saturated heterocycles. The van der Waals surface area contributed by atoms with Crippen LogP contribution in [0.3, 0.4) is 0 Å². The maximum Gasteiger partial charge on any atom is 0.0484 e. The SMILES string of the molecule is CC(C)NCC(C)(C)CCc1ccc(Cl)c2ccccc12. The van der Waals surface area contributed by atoms with Gasteiger partial charge < -0.3 is 5.32 Å². The van der Waals surface area contributed by atoms with Crippen LogP contribution in [-0.2, 0) is 6.42 Å². The van der Waals surface area contributed by atoms with Gasteiger partial charge in [-0.25, -0.2) is 0 Å². The van der Waals surface area contributed by atoms with Crippen molar-refractivity contribution < 1.29 is 0 Å². The molecule has 0 radical (unpaired) electrons. The molecule has 0 spiro atoms. The van der Waals surface area contributed by atoms with Gasteiger partial charge in [-0.15, -0.1) is 0 Å². The summed E-state index contributed by atoms with van der Waals surface area (Å²) >= 11 is 6.29. The van der Waals surface area contributed by atoms with E-state index in [1.807, 2.05) is 6.07 Å². The van der Waals surface area contributed by atoms with Crippen molar-refractivity contribution in [3.05, 3.63) is 47.0 Å². The number of hydrogen-bond acceptors (Lipinski definition) is 1. The summed E-state index contributed by atoms with van der Waals surface area (Å²) in [6, 6.07) is 13.2. The Labute approximate surface area is 133 Å². The monoisotopic (exact) mass is 303 g/mol. The Bertz CT molecular complexity index is 602. The average Bonchev–Trinajstić information content (AvgIpc) is 2.45. The third-order valence-electron chi connectivity index (χ3n) is 4.02. The van der Waals surface area contributed by atoms with Gasteiger partial charge in [-0.2, -0.15) is 0 Å². The Morgan fingerprint density at radius 3 is 2.38 bits per heavy atom. The first-order chi connectivity index (χ1) is 9.89. The Kier molecular flexibility index (Phi) is 5.29. The van der Waals surface area contributed by atoms with Gasteiger partial charge in [0.2, 0.25) is 0 Å². The maximum absolute atomic E-state index is 6.29. The van der Waals surface area contributed by atoms with Crippen molar-refractivity contribution in [3.63, 3.8) is 0 Å². The van der Waals surface area contributed by atoms with Crippen LogP contribution in [0.4, 0.5) is 0 Å². The lowest BCUT2D eigenvalue weighted by molar-refractivity contribution is 0.304. The van der Waals surface area contributed by atoms with Crippen LogP contribution in [0.25, 0.3) is 10.8 Å². The van der Waals surface area contributed by atoms with Gasteiger partial charge in [0.05, 0.1) is 0 Å². The van der Waals surface area contributed by atoms with Crippen LogP contribution in [0, 0.1) is 5.41 Å². The average molecular weight is 304 g/mol. The summed E-state index contributed by atoms with van der Waals surface area (Å²) in [5.74, 6) is 0. The highest BCUT2D eigenvalue weighted by molar-refractivity contribution is 6.35. The molecule has 0 aromatic heterocycles. The van der Waals surface area contributed by atoms with Crippen LogP contribution < -0.4 is 5.32 Å². The Morgan fingerprint density at radius 2 is 1.71 bits per heavy atom. The quantitative estimate of drug-likeness (QED) is 0.748. The lowest BCUT2D eigenvalue weighted by Gasteiger charge is -2.26. The van der Waals surface area contributed by atoms with E-state index in [1.54, 1.807) is 0 Å². The minimum absolute atomic E-state index is 0.297. The van der Waals surface area contributed by atoms with Gasteiger partial charge in [-0.3, -0.25) is 0 Å². The summed E-state index contributed by atoms with van der Waals surface area (Å²) in [5, 5.41) is 6.84. The number of rotatable bonds is 6. The van der Waals surface area contributed by atoms with Crippen LogP contribution in [0.5, 0.6) is 0 Å². The topological polar surface area (TPSA) is 12.0 Å². The van der Waals surface area contributed by atoms with E-state index in [-0.39, 0.29) is 0 Å². The largest absolute Gasteiger partial charge is 0.314 e. The molecule has 0 fully saturated rings. The highest BCUT2D eigenvalue weighted by Crippen LogP contribution is 2.29. The molecular weight excluding hydrogens is 278 g/mol. The molecule has 0 aliphatic rings. The lowest BCUT2D eigenvalue weighted by atomic mass is 9.85. The maximum atomic E-state index is 6.29. The summed E-state index contributed by atoms with van der Waals surface area (Å²) in [7, 11) is 0. The second-order valence-electron chi connectivity index (χ2n) is 6.95. The summed E-state index contributed by atoms with van der Waals surface area (Å²) in [6.45, 7) is 10.1. The van der Waals surface area contributed by atoms with Crippen molar-refractivity contribution >= 4 is 22.4 Å². The molecule has 2 aromatic rings. The zero-order valence-electron chi connectivity index (χ0n) is 13.5. The van der Waals surface area contributed by atoms with Gasteiger partial charge in [-0.1, -0.05) is 69.6 Å². The van der Waals surface area contributed by atoms with Crippen molar-refractivity contribution in [1.29, 1.82) is 0 Å². The first-order valence-corrected chi connectivity index (χ1v) is 8.16. The molecule has 0 amide bonds. The Morgan fingerprint density at radius 1 is 1.05 bits per heavy atom. The number of benzene rings is 2. The van der Waals surface area contributed by atoms with E-state index in [2.05, 4.69) is 63.3 Å². The standard InChI is InChI=1S/C19H26ClN/c1-14(2)21-13-19(3,4)12-11-15-9-10-18(20)17-8-6-5-7-16(15)17/h5-10,14,21H,11-13H2,1-4H3. The second-order valence-corrected chi connectivity index (χ2v) is 7.36. The summed E-state index contributed by atoms with van der Waals surface area (Å²) < 4.78 is 0. The number of halogens is 1. The van der Waals surface area contributed by atoms with Gasteiger partial charge in [0.15, 0.2) is 0 Å². The Hall–Kier alpha value is -1.05. The van der Waals surface area contributed by atoms with Crippen LogP contribution in [0.15, 0.2) is 36.4 Å². The predicted molar refractivity (Wildman–Crippen MR) is 94.2 cm³/mol. The van der Waals surface area contributed by atoms with E-state index >= 15 is 0 Å². The van der Waals surface area contributed by atoms with Crippen molar-refractivity contribution in [2.45, 2.75) is 46.6 Å². The van der Waals surface area contributed by atoms with Gasteiger partial charge >= 0.3 is 0 Å². The van der Waals surface area contributed by atoms with Crippen LogP contribution >= 0.6 is 11.6 Å². The molecule has 0 unspecified atom stereocenters. The molecule has 0 aliphatic carbocycles. The molecule has 2 heteroatoms. The molecule has 1 N–H and O–H groups in total. The summed E-state index contributed by atoms with van der Waals surface area (Å²) in [5.41, 5.74) is 1.69. The minimum atomic E-state index is 0.297. The number of nitrogens with one attached hydrogen (secondary N) is 1. The van der Waals surface area contributed by atoms with Crippen LogP contribution in [-0.4, -0.2) is 12.6 Å². The molecule has 0 saturated carbocycles. The third kappa shape index (κ3) is 4.46. The molecule has 0 atom stereocenters. The first-order valence-electron chi connectivity index (χ1n) is 7.78. The predicted octanol–water partition coefficient (Wildman–Crippen LogP) is 5.45. The van der Waals surface area contributed by atoms with E-state index < -0.39 is 0 Å². The minimum Gasteiger partial charge on any atom is -0.314 e. The van der Waals surface area contributed by atoms with Crippen molar-refractivity contribution in [2.75, 3.05) is 6.54 Å². The van der Waals surface area contributed by atoms with Crippen molar-refractivity contribution in [3.8, 4) is 0 Å². The normalized spacial score (nSPS) is 12.3. The van der Waals surface area contributed by atoms with E-state index in [4.69, 9.17) is 11.6 Å². The van der Waals surface area contributed by atoms with Gasteiger partial charge in [0.25, 0.3) is 0 Å². The number of aryl methyl sites for hydroxylation is 1. The zero-order chi connectivity index (χ0) is 15.5. The summed E-state index contributed by atoms with van der Waals surface area (Å²) in [4.78, 5) is 0. The fourth-order valence-electron chi connectivity index (χ4n) is 2.58. The lowest BCUT2D eigenvalue weighted by Crippen LogP contribution is -2.34. The molecule has 2 aromatic carbocycles. The van der Waals surface area contributed by atoms with Gasteiger partial charge in [0.1, 0.15) is 0 Å². The fourth-order valence-corrected chi connectivity index (χ4v) is 2.81. The van der Waals surface area contributed by atoms with E-state index in [9.17, 15) is 0 Å². The zero-order valence-corrected chi connectivity index (χ0v) is 14.3. The number of hydrogen-bond donors (Lipinski definition) is 1. The molecule has 114 valence electrons. The van der Waals surface area contributed by atoms with E-state index in [0.717, 1.165) is 23.4 Å². The smallest absolute Gasteiger partial charge is 0.0484 e. The van der Waals surface area contributed by atoms with Crippen molar-refractivity contribution in [1.82, 2.24) is 5.32 Å². The molecule has 1 nitrogen and oxygen atoms in total. The van der Waals surface area contributed by atoms with Crippen LogP contribution in [0.1, 0.15) is 39.7 Å². The summed E-state index contributed by atoms with van der Waals surface area (Å²) in [6.07, 6.45) is 2.25. The number of fused-ring (bicyclic) bond motifs is 1. The van der Waals surface area contributed by atoms with Crippen molar-refractivity contribution in [2.24, 2.45) is 5.41 Å². The van der Waals surface area contributed by atoms with E-state index in [0.29, 0.717) is 11.5 Å². The van der Waals surface area contributed by atoms with E-state index in [1.165, 1.54) is 17.4 Å². The van der Waals surface area contributed by atoms with Gasteiger partial charge in [-0.05, 0) is 35.3 Å². The molecule has 0 heterocycles.